The van der Waals surface area contributed by atoms with Gasteiger partial charge in [-0.2, -0.15) is 0 Å². The lowest BCUT2D eigenvalue weighted by molar-refractivity contribution is 0.141. The highest BCUT2D eigenvalue weighted by Crippen LogP contribution is 2.40. The van der Waals surface area contributed by atoms with Gasteiger partial charge < -0.3 is 10.2 Å². The quantitative estimate of drug-likeness (QED) is 0.919. The van der Waals surface area contributed by atoms with Crippen LogP contribution in [0.1, 0.15) is 47.7 Å². The normalized spacial score (nSPS) is 31.6. The Hall–Kier alpha value is -0.450. The van der Waals surface area contributed by atoms with Gasteiger partial charge in [0.2, 0.25) is 0 Å². The van der Waals surface area contributed by atoms with E-state index in [1.165, 1.54) is 62.2 Å². The summed E-state index contributed by atoms with van der Waals surface area (Å²) in [6.45, 7) is 2.37. The lowest BCUT2D eigenvalue weighted by Gasteiger charge is -2.41. The number of piperidine rings is 1. The minimum atomic E-state index is 0.156. The van der Waals surface area contributed by atoms with Crippen LogP contribution >= 0.6 is 11.3 Å². The van der Waals surface area contributed by atoms with E-state index < -0.39 is 0 Å². The molecule has 1 unspecified atom stereocenters. The van der Waals surface area contributed by atoms with Crippen molar-refractivity contribution in [2.75, 3.05) is 20.1 Å². The fraction of sp³-hybridized carbons (Fsp3) is 0.800. The number of aryl methyl sites for hydroxylation is 2. The van der Waals surface area contributed by atoms with E-state index in [1.807, 2.05) is 11.3 Å². The summed E-state index contributed by atoms with van der Waals surface area (Å²) in [5.74, 6) is 0. The van der Waals surface area contributed by atoms with Gasteiger partial charge in [-0.05, 0) is 58.5 Å². The maximum absolute atomic E-state index is 5.03. The number of likely N-dealkylation sites (tertiary alicyclic amines) is 1. The van der Waals surface area contributed by atoms with Crippen molar-refractivity contribution >= 4 is 11.3 Å². The van der Waals surface area contributed by atoms with Gasteiger partial charge in [-0.25, -0.2) is 4.98 Å². The molecule has 0 spiro atoms. The first-order valence-electron chi connectivity index (χ1n) is 7.70. The second-order valence-electron chi connectivity index (χ2n) is 6.58. The number of likely N-dealkylation sites (N-methyl/N-ethyl adjacent to an activating group) is 1. The molecule has 4 rings (SSSR count). The fourth-order valence-electron chi connectivity index (χ4n) is 3.64. The summed E-state index contributed by atoms with van der Waals surface area (Å²) in [5.41, 5.74) is 1.56. The van der Waals surface area contributed by atoms with Gasteiger partial charge in [0.05, 0.1) is 11.2 Å². The van der Waals surface area contributed by atoms with E-state index in [0.717, 1.165) is 12.6 Å². The Bertz CT molecular complexity index is 454. The molecule has 2 aliphatic carbocycles. The van der Waals surface area contributed by atoms with Crippen molar-refractivity contribution < 1.29 is 0 Å². The third kappa shape index (κ3) is 2.24. The van der Waals surface area contributed by atoms with Crippen LogP contribution in [-0.2, 0) is 18.4 Å². The molecule has 104 valence electrons. The van der Waals surface area contributed by atoms with Gasteiger partial charge in [-0.1, -0.05) is 0 Å². The minimum Gasteiger partial charge on any atom is -0.304 e. The maximum atomic E-state index is 5.03. The SMILES string of the molecule is CN1CCCC(NC2CC2)(c2nc3c(s2)CCC3)C1. The van der Waals surface area contributed by atoms with Crippen LogP contribution in [0.4, 0.5) is 0 Å². The van der Waals surface area contributed by atoms with Crippen LogP contribution in [0.2, 0.25) is 0 Å². The number of hydrogen-bond acceptors (Lipinski definition) is 4. The summed E-state index contributed by atoms with van der Waals surface area (Å²) >= 11 is 2.00. The van der Waals surface area contributed by atoms with Gasteiger partial charge in [-0.3, -0.25) is 0 Å². The first-order valence-corrected chi connectivity index (χ1v) is 8.52. The van der Waals surface area contributed by atoms with Crippen molar-refractivity contribution in [3.63, 3.8) is 0 Å². The molecule has 0 bridgehead atoms. The Morgan fingerprint density at radius 3 is 2.95 bits per heavy atom. The molecule has 1 saturated heterocycles. The molecular weight excluding hydrogens is 254 g/mol. The van der Waals surface area contributed by atoms with Crippen LogP contribution < -0.4 is 5.32 Å². The van der Waals surface area contributed by atoms with Crippen molar-refractivity contribution in [1.29, 1.82) is 0 Å². The summed E-state index contributed by atoms with van der Waals surface area (Å²) in [6.07, 6.45) is 9.06. The monoisotopic (exact) mass is 277 g/mol. The maximum Gasteiger partial charge on any atom is 0.115 e. The summed E-state index contributed by atoms with van der Waals surface area (Å²) < 4.78 is 0. The molecule has 0 radical (unpaired) electrons. The number of thiazole rings is 1. The highest BCUT2D eigenvalue weighted by Gasteiger charge is 2.43. The van der Waals surface area contributed by atoms with E-state index in [1.54, 1.807) is 4.88 Å². The van der Waals surface area contributed by atoms with Crippen molar-refractivity contribution in [1.82, 2.24) is 15.2 Å². The topological polar surface area (TPSA) is 28.2 Å². The first kappa shape index (κ1) is 12.3. The standard InChI is InChI=1S/C15H23N3S/c1-18-9-3-8-15(10-18,17-11-6-7-11)14-16-12-4-2-5-13(12)19-14/h11,17H,2-10H2,1H3. The zero-order chi connectivity index (χ0) is 12.9. The Balaban J connectivity index is 1.67. The van der Waals surface area contributed by atoms with Gasteiger partial charge >= 0.3 is 0 Å². The molecule has 1 saturated carbocycles. The van der Waals surface area contributed by atoms with Crippen molar-refractivity contribution in [2.45, 2.75) is 56.5 Å². The molecule has 4 heteroatoms. The molecule has 2 heterocycles. The lowest BCUT2D eigenvalue weighted by atomic mass is 9.89. The molecule has 0 amide bonds. The number of nitrogens with zero attached hydrogens (tertiary/aromatic N) is 2. The smallest absolute Gasteiger partial charge is 0.115 e. The molecule has 2 fully saturated rings. The van der Waals surface area contributed by atoms with Crippen LogP contribution in [0, 0.1) is 0 Å². The van der Waals surface area contributed by atoms with Crippen molar-refractivity contribution in [2.24, 2.45) is 0 Å². The Kier molecular flexibility index (Phi) is 2.94. The minimum absolute atomic E-state index is 0.156. The summed E-state index contributed by atoms with van der Waals surface area (Å²) in [6, 6.07) is 0.755. The third-order valence-corrected chi connectivity index (χ3v) is 6.11. The number of hydrogen-bond donors (Lipinski definition) is 1. The Morgan fingerprint density at radius 1 is 1.32 bits per heavy atom. The predicted molar refractivity (Wildman–Crippen MR) is 78.7 cm³/mol. The van der Waals surface area contributed by atoms with Gasteiger partial charge in [0.1, 0.15) is 5.01 Å². The van der Waals surface area contributed by atoms with Gasteiger partial charge in [0, 0.05) is 17.5 Å². The summed E-state index contributed by atoms with van der Waals surface area (Å²) in [4.78, 5) is 9.08. The van der Waals surface area contributed by atoms with Crippen LogP contribution in [0.3, 0.4) is 0 Å². The van der Waals surface area contributed by atoms with Crippen LogP contribution in [0.15, 0.2) is 0 Å². The van der Waals surface area contributed by atoms with Gasteiger partial charge in [-0.15, -0.1) is 11.3 Å². The molecular formula is C15H23N3S. The number of nitrogens with one attached hydrogen (secondary N) is 1. The number of fused-ring (bicyclic) bond motifs is 1. The molecule has 1 aliphatic heterocycles. The highest BCUT2D eigenvalue weighted by atomic mass is 32.1. The van der Waals surface area contributed by atoms with Gasteiger partial charge in [0.25, 0.3) is 0 Å². The molecule has 3 nitrogen and oxygen atoms in total. The number of aromatic nitrogens is 1. The molecule has 1 aromatic heterocycles. The largest absolute Gasteiger partial charge is 0.304 e. The van der Waals surface area contributed by atoms with E-state index in [4.69, 9.17) is 4.98 Å². The molecule has 0 aromatic carbocycles. The van der Waals surface area contributed by atoms with Crippen LogP contribution in [0.5, 0.6) is 0 Å². The van der Waals surface area contributed by atoms with Crippen molar-refractivity contribution in [3.8, 4) is 0 Å². The summed E-state index contributed by atoms with van der Waals surface area (Å²) in [7, 11) is 2.25. The number of rotatable bonds is 3. The van der Waals surface area contributed by atoms with Crippen LogP contribution in [0.25, 0.3) is 0 Å². The van der Waals surface area contributed by atoms with E-state index >= 15 is 0 Å². The predicted octanol–water partition coefficient (Wildman–Crippen LogP) is 2.30. The van der Waals surface area contributed by atoms with E-state index in [0.29, 0.717) is 0 Å². The Labute approximate surface area is 119 Å². The molecule has 1 aromatic rings. The molecule has 19 heavy (non-hydrogen) atoms. The van der Waals surface area contributed by atoms with Crippen molar-refractivity contribution in [3.05, 3.63) is 15.6 Å². The Morgan fingerprint density at radius 2 is 2.21 bits per heavy atom. The van der Waals surface area contributed by atoms with E-state index in [2.05, 4.69) is 17.3 Å². The highest BCUT2D eigenvalue weighted by molar-refractivity contribution is 7.12. The molecule has 1 atom stereocenters. The summed E-state index contributed by atoms with van der Waals surface area (Å²) in [5, 5.41) is 5.33. The average molecular weight is 277 g/mol. The average Bonchev–Trinajstić information content (AvgIpc) is 2.91. The third-order valence-electron chi connectivity index (χ3n) is 4.75. The van der Waals surface area contributed by atoms with E-state index in [9.17, 15) is 0 Å². The van der Waals surface area contributed by atoms with Crippen LogP contribution in [-0.4, -0.2) is 36.1 Å². The second-order valence-corrected chi connectivity index (χ2v) is 7.67. The lowest BCUT2D eigenvalue weighted by Crippen LogP contribution is -2.54. The first-order chi connectivity index (χ1) is 9.25. The fourth-order valence-corrected chi connectivity index (χ4v) is 4.96. The van der Waals surface area contributed by atoms with Gasteiger partial charge in [0.15, 0.2) is 0 Å². The second kappa shape index (κ2) is 4.54. The molecule has 3 aliphatic rings. The van der Waals surface area contributed by atoms with E-state index in [-0.39, 0.29) is 5.54 Å². The zero-order valence-electron chi connectivity index (χ0n) is 11.7. The molecule has 1 N–H and O–H groups in total. The zero-order valence-corrected chi connectivity index (χ0v) is 12.6.